The van der Waals surface area contributed by atoms with Crippen molar-refractivity contribution in [1.29, 1.82) is 0 Å². The van der Waals surface area contributed by atoms with Gasteiger partial charge in [0.2, 0.25) is 0 Å². The van der Waals surface area contributed by atoms with Gasteiger partial charge in [0.05, 0.1) is 17.3 Å². The van der Waals surface area contributed by atoms with Gasteiger partial charge in [0.1, 0.15) is 17.2 Å². The molecule has 1 aromatic rings. The van der Waals surface area contributed by atoms with Crippen molar-refractivity contribution in [2.24, 2.45) is 5.41 Å². The summed E-state index contributed by atoms with van der Waals surface area (Å²) < 4.78 is 49.5. The maximum Gasteiger partial charge on any atom is 0.433 e. The van der Waals surface area contributed by atoms with E-state index in [0.29, 0.717) is 6.04 Å². The number of likely N-dealkylation sites (tertiary alicyclic amines) is 1. The van der Waals surface area contributed by atoms with Gasteiger partial charge in [0.25, 0.3) is 0 Å². The van der Waals surface area contributed by atoms with Crippen LogP contribution in [0, 0.1) is 5.41 Å². The molecule has 4 rings (SSSR count). The molecule has 138 valence electrons. The van der Waals surface area contributed by atoms with Crippen LogP contribution in [0.25, 0.3) is 0 Å². The Morgan fingerprint density at radius 2 is 2.04 bits per heavy atom. The van der Waals surface area contributed by atoms with E-state index in [1.165, 1.54) is 12.3 Å². The SMILES string of the molecule is [O-][S+]1CC2(CCN(C3CCCN(c4ccc(C(F)(F)F)nc4)C3)C2)C1. The highest BCUT2D eigenvalue weighted by atomic mass is 32.2. The zero-order valence-electron chi connectivity index (χ0n) is 14.0. The smallest absolute Gasteiger partial charge is 0.433 e. The van der Waals surface area contributed by atoms with E-state index in [9.17, 15) is 17.7 Å². The fourth-order valence-electron chi connectivity index (χ4n) is 4.39. The maximum absolute atomic E-state index is 12.7. The van der Waals surface area contributed by atoms with Crippen LogP contribution in [-0.2, 0) is 17.4 Å². The minimum absolute atomic E-state index is 0.267. The van der Waals surface area contributed by atoms with Crippen LogP contribution in [0.5, 0.6) is 0 Å². The minimum Gasteiger partial charge on any atom is -0.616 e. The third kappa shape index (κ3) is 3.48. The van der Waals surface area contributed by atoms with Crippen molar-refractivity contribution in [3.63, 3.8) is 0 Å². The number of hydrogen-bond donors (Lipinski definition) is 0. The van der Waals surface area contributed by atoms with Crippen LogP contribution in [0.3, 0.4) is 0 Å². The van der Waals surface area contributed by atoms with Gasteiger partial charge < -0.3 is 9.45 Å². The molecule has 0 radical (unpaired) electrons. The highest BCUT2D eigenvalue weighted by Crippen LogP contribution is 2.42. The van der Waals surface area contributed by atoms with Crippen molar-refractivity contribution in [3.8, 4) is 0 Å². The molecule has 0 N–H and O–H groups in total. The van der Waals surface area contributed by atoms with Crippen LogP contribution in [0.4, 0.5) is 18.9 Å². The normalized spacial score (nSPS) is 33.7. The Balaban J connectivity index is 1.40. The molecule has 3 aliphatic heterocycles. The molecule has 3 fully saturated rings. The van der Waals surface area contributed by atoms with Gasteiger partial charge in [-0.15, -0.1) is 0 Å². The molecule has 0 amide bonds. The van der Waals surface area contributed by atoms with E-state index in [4.69, 9.17) is 0 Å². The van der Waals surface area contributed by atoms with Crippen molar-refractivity contribution in [2.75, 3.05) is 42.6 Å². The maximum atomic E-state index is 12.7. The zero-order chi connectivity index (χ0) is 17.7. The van der Waals surface area contributed by atoms with Crippen LogP contribution >= 0.6 is 0 Å². The fraction of sp³-hybridized carbons (Fsp3) is 0.706. The number of aromatic nitrogens is 1. The highest BCUT2D eigenvalue weighted by molar-refractivity contribution is 7.92. The molecule has 0 aliphatic carbocycles. The Kier molecular flexibility index (Phi) is 4.40. The molecule has 1 unspecified atom stereocenters. The largest absolute Gasteiger partial charge is 0.616 e. The van der Waals surface area contributed by atoms with Crippen molar-refractivity contribution in [1.82, 2.24) is 9.88 Å². The number of rotatable bonds is 2. The zero-order valence-corrected chi connectivity index (χ0v) is 14.8. The highest BCUT2D eigenvalue weighted by Gasteiger charge is 2.53. The Hall–Kier alpha value is -0.990. The first-order chi connectivity index (χ1) is 11.8. The summed E-state index contributed by atoms with van der Waals surface area (Å²) >= 11 is -0.625. The van der Waals surface area contributed by atoms with Gasteiger partial charge in [0, 0.05) is 25.7 Å². The number of hydrogen-bond acceptors (Lipinski definition) is 4. The van der Waals surface area contributed by atoms with Crippen LogP contribution in [-0.4, -0.2) is 58.2 Å². The number of alkyl halides is 3. The Morgan fingerprint density at radius 1 is 1.24 bits per heavy atom. The van der Waals surface area contributed by atoms with E-state index in [1.54, 1.807) is 0 Å². The van der Waals surface area contributed by atoms with E-state index in [-0.39, 0.29) is 5.41 Å². The third-order valence-corrected chi connectivity index (χ3v) is 7.59. The molecular formula is C17H22F3N3OS. The summed E-state index contributed by atoms with van der Waals surface area (Å²) in [7, 11) is 0. The molecule has 0 aromatic carbocycles. The monoisotopic (exact) mass is 373 g/mol. The summed E-state index contributed by atoms with van der Waals surface area (Å²) in [6, 6.07) is 3.01. The van der Waals surface area contributed by atoms with Gasteiger partial charge in [0.15, 0.2) is 0 Å². The first kappa shape index (κ1) is 17.4. The molecule has 3 saturated heterocycles. The van der Waals surface area contributed by atoms with Gasteiger partial charge >= 0.3 is 6.18 Å². The number of piperidine rings is 1. The van der Waals surface area contributed by atoms with Crippen molar-refractivity contribution in [3.05, 3.63) is 24.0 Å². The van der Waals surface area contributed by atoms with Gasteiger partial charge in [-0.05, 0) is 37.9 Å². The number of anilines is 1. The molecule has 1 aromatic heterocycles. The molecule has 0 bridgehead atoms. The molecular weight excluding hydrogens is 351 g/mol. The molecule has 25 heavy (non-hydrogen) atoms. The molecule has 1 atom stereocenters. The summed E-state index contributed by atoms with van der Waals surface area (Å²) in [4.78, 5) is 8.23. The van der Waals surface area contributed by atoms with Crippen molar-refractivity contribution < 1.29 is 17.7 Å². The minimum atomic E-state index is -4.39. The van der Waals surface area contributed by atoms with Gasteiger partial charge in [-0.2, -0.15) is 13.2 Å². The van der Waals surface area contributed by atoms with E-state index in [1.807, 2.05) is 0 Å². The second-order valence-corrected chi connectivity index (χ2v) is 9.05. The molecule has 0 saturated carbocycles. The third-order valence-electron chi connectivity index (χ3n) is 5.72. The number of halogens is 3. The lowest BCUT2D eigenvalue weighted by Crippen LogP contribution is -2.53. The Bertz CT molecular complexity index is 619. The number of nitrogens with zero attached hydrogens (tertiary/aromatic N) is 3. The lowest BCUT2D eigenvalue weighted by Gasteiger charge is -2.42. The Labute approximate surface area is 148 Å². The van der Waals surface area contributed by atoms with Crippen molar-refractivity contribution >= 4 is 16.9 Å². The predicted octanol–water partition coefficient (Wildman–Crippen LogP) is 2.52. The molecule has 4 nitrogen and oxygen atoms in total. The van der Waals surface area contributed by atoms with Crippen LogP contribution < -0.4 is 4.90 Å². The lowest BCUT2D eigenvalue weighted by molar-refractivity contribution is -0.141. The molecule has 4 heterocycles. The second kappa shape index (κ2) is 6.32. The first-order valence-corrected chi connectivity index (χ1v) is 10.2. The summed E-state index contributed by atoms with van der Waals surface area (Å²) in [5.74, 6) is 1.67. The average molecular weight is 373 g/mol. The van der Waals surface area contributed by atoms with Crippen LogP contribution in [0.2, 0.25) is 0 Å². The second-order valence-electron chi connectivity index (χ2n) is 7.59. The van der Waals surface area contributed by atoms with E-state index in [0.717, 1.165) is 68.7 Å². The van der Waals surface area contributed by atoms with Gasteiger partial charge in [-0.25, -0.2) is 4.98 Å². The van der Waals surface area contributed by atoms with E-state index < -0.39 is 23.0 Å². The summed E-state index contributed by atoms with van der Waals surface area (Å²) in [5, 5.41) is 0. The van der Waals surface area contributed by atoms with Crippen LogP contribution in [0.1, 0.15) is 25.0 Å². The van der Waals surface area contributed by atoms with E-state index >= 15 is 0 Å². The lowest BCUT2D eigenvalue weighted by atomic mass is 9.91. The average Bonchev–Trinajstić information content (AvgIpc) is 2.99. The molecule has 3 aliphatic rings. The number of pyridine rings is 1. The van der Waals surface area contributed by atoms with E-state index in [2.05, 4.69) is 14.8 Å². The van der Waals surface area contributed by atoms with Gasteiger partial charge in [-0.3, -0.25) is 4.90 Å². The standard InChI is InChI=1S/C17H22F3N3OS/c18-17(19,20)15-4-3-13(8-21-15)22-6-1-2-14(9-22)23-7-5-16(10-23)11-25(24)12-16/h3-4,8,14H,1-2,5-7,9-12H2. The predicted molar refractivity (Wildman–Crippen MR) is 91.0 cm³/mol. The van der Waals surface area contributed by atoms with Gasteiger partial charge in [-0.1, -0.05) is 11.2 Å². The van der Waals surface area contributed by atoms with Crippen molar-refractivity contribution in [2.45, 2.75) is 31.5 Å². The quantitative estimate of drug-likeness (QED) is 0.747. The Morgan fingerprint density at radius 3 is 2.68 bits per heavy atom. The summed E-state index contributed by atoms with van der Waals surface area (Å²) in [6.07, 6.45) is 0.212. The van der Waals surface area contributed by atoms with Crippen LogP contribution in [0.15, 0.2) is 18.3 Å². The molecule has 8 heteroatoms. The molecule has 1 spiro atoms. The summed E-state index contributed by atoms with van der Waals surface area (Å²) in [5.41, 5.74) is 0.184. The fourth-order valence-corrected chi connectivity index (χ4v) is 6.14. The summed E-state index contributed by atoms with van der Waals surface area (Å²) in [6.45, 7) is 3.74. The first-order valence-electron chi connectivity index (χ1n) is 8.72. The topological polar surface area (TPSA) is 42.4 Å².